The largest absolute Gasteiger partial charge is 0.490 e. The third-order valence-electron chi connectivity index (χ3n) is 4.48. The Labute approximate surface area is 190 Å². The van der Waals surface area contributed by atoms with Crippen LogP contribution in [-0.2, 0) is 13.0 Å². The molecule has 0 radical (unpaired) electrons. The zero-order valence-corrected chi connectivity index (χ0v) is 18.0. The van der Waals surface area contributed by atoms with Crippen LogP contribution in [0.5, 0.6) is 11.5 Å². The number of pyridine rings is 1. The Morgan fingerprint density at radius 1 is 1.24 bits per heavy atom. The van der Waals surface area contributed by atoms with Gasteiger partial charge in [-0.25, -0.2) is 9.37 Å². The molecule has 9 heteroatoms. The minimum absolute atomic E-state index is 0.0364. The lowest BCUT2D eigenvalue weighted by Crippen LogP contribution is -2.04. The summed E-state index contributed by atoms with van der Waals surface area (Å²) < 4.78 is 25.0. The Morgan fingerprint density at radius 2 is 2.03 bits per heavy atom. The van der Waals surface area contributed by atoms with Crippen molar-refractivity contribution in [3.63, 3.8) is 0 Å². The number of hydrogen-bond donors (Lipinski definition) is 1. The lowest BCUT2D eigenvalue weighted by Gasteiger charge is -2.17. The molecule has 0 aliphatic carbocycles. The highest BCUT2D eigenvalue weighted by atomic mass is 19.1. The van der Waals surface area contributed by atoms with Crippen LogP contribution >= 0.6 is 0 Å². The average molecular weight is 450 g/mol. The van der Waals surface area contributed by atoms with Gasteiger partial charge in [-0.3, -0.25) is 15.5 Å². The van der Waals surface area contributed by atoms with Gasteiger partial charge in [0.05, 0.1) is 17.7 Å². The fourth-order valence-corrected chi connectivity index (χ4v) is 3.03. The number of allylic oxidation sites excluding steroid dienone is 1. The third-order valence-corrected chi connectivity index (χ3v) is 4.48. The van der Waals surface area contributed by atoms with Gasteiger partial charge in [-0.1, -0.05) is 18.2 Å². The van der Waals surface area contributed by atoms with Gasteiger partial charge in [0, 0.05) is 17.8 Å². The number of ether oxygens (including phenoxy) is 2. The summed E-state index contributed by atoms with van der Waals surface area (Å²) in [5.41, 5.74) is 4.75. The fourth-order valence-electron chi connectivity index (χ4n) is 3.03. The van der Waals surface area contributed by atoms with E-state index in [-0.39, 0.29) is 23.9 Å². The summed E-state index contributed by atoms with van der Waals surface area (Å²) in [7, 11) is 0. The number of nitrogens with zero attached hydrogens (tertiary/aromatic N) is 3. The molecule has 33 heavy (non-hydrogen) atoms. The van der Waals surface area contributed by atoms with E-state index in [0.29, 0.717) is 30.1 Å². The number of halogens is 1. The Morgan fingerprint density at radius 3 is 2.73 bits per heavy atom. The number of anilines is 1. The smallest absolute Gasteiger partial charge is 0.313 e. The molecule has 0 saturated carbocycles. The first-order valence-corrected chi connectivity index (χ1v) is 10.2. The molecular formula is C24H23FN4O4. The number of nitrogens with one attached hydrogen (secondary N) is 1. The van der Waals surface area contributed by atoms with Gasteiger partial charge in [-0.15, -0.1) is 6.58 Å². The summed E-state index contributed by atoms with van der Waals surface area (Å²) in [6, 6.07) is 12.5. The Hall–Kier alpha value is -4.27. The van der Waals surface area contributed by atoms with E-state index in [9.17, 15) is 14.5 Å². The van der Waals surface area contributed by atoms with Crippen LogP contribution in [-0.4, -0.2) is 22.7 Å². The standard InChI is InChI=1S/C24H23FN4O4/c1-3-6-19-13-18(15-27-28-24-21(29(30)31)7-5-12-26-24)14-22(32-4-2)23(19)33-16-17-8-10-20(25)11-9-17/h3,5,7-15H,1,4,6,16H2,2H3,(H,26,28)/b27-15-. The zero-order chi connectivity index (χ0) is 23.6. The van der Waals surface area contributed by atoms with Crippen molar-refractivity contribution in [1.29, 1.82) is 0 Å². The second-order valence-corrected chi connectivity index (χ2v) is 6.85. The monoisotopic (exact) mass is 450 g/mol. The second kappa shape index (κ2) is 11.4. The summed E-state index contributed by atoms with van der Waals surface area (Å²) in [4.78, 5) is 14.5. The highest BCUT2D eigenvalue weighted by molar-refractivity contribution is 5.82. The number of aromatic nitrogens is 1. The molecule has 0 spiro atoms. The van der Waals surface area contributed by atoms with Crippen LogP contribution in [0.15, 0.2) is 72.5 Å². The highest BCUT2D eigenvalue weighted by Gasteiger charge is 2.15. The van der Waals surface area contributed by atoms with Crippen molar-refractivity contribution in [2.75, 3.05) is 12.0 Å². The average Bonchev–Trinajstić information content (AvgIpc) is 2.80. The third kappa shape index (κ3) is 6.36. The van der Waals surface area contributed by atoms with Crippen LogP contribution in [0.1, 0.15) is 23.6 Å². The van der Waals surface area contributed by atoms with Crippen LogP contribution in [0.2, 0.25) is 0 Å². The molecule has 0 saturated heterocycles. The quantitative estimate of drug-likeness (QED) is 0.185. The highest BCUT2D eigenvalue weighted by Crippen LogP contribution is 2.34. The summed E-state index contributed by atoms with van der Waals surface area (Å²) in [5, 5.41) is 15.2. The van der Waals surface area contributed by atoms with Crippen LogP contribution < -0.4 is 14.9 Å². The van der Waals surface area contributed by atoms with Crippen LogP contribution in [0.4, 0.5) is 15.9 Å². The van der Waals surface area contributed by atoms with Crippen LogP contribution in [0, 0.1) is 15.9 Å². The van der Waals surface area contributed by atoms with E-state index in [0.717, 1.165) is 11.1 Å². The fraction of sp³-hybridized carbons (Fsp3) is 0.167. The van der Waals surface area contributed by atoms with Crippen molar-refractivity contribution in [3.8, 4) is 11.5 Å². The van der Waals surface area contributed by atoms with Gasteiger partial charge in [0.2, 0.25) is 5.82 Å². The van der Waals surface area contributed by atoms with Gasteiger partial charge in [0.1, 0.15) is 12.4 Å². The summed E-state index contributed by atoms with van der Waals surface area (Å²) in [6.45, 7) is 6.32. The predicted octanol–water partition coefficient (Wildman–Crippen LogP) is 5.28. The lowest BCUT2D eigenvalue weighted by atomic mass is 10.1. The van der Waals surface area contributed by atoms with Crippen molar-refractivity contribution in [3.05, 3.63) is 100 Å². The number of nitro groups is 1. The molecule has 1 aromatic heterocycles. The predicted molar refractivity (Wildman–Crippen MR) is 124 cm³/mol. The molecule has 0 amide bonds. The molecular weight excluding hydrogens is 427 g/mol. The molecule has 1 N–H and O–H groups in total. The SMILES string of the molecule is C=CCc1cc(/C=N\Nc2ncccc2[N+](=O)[O-])cc(OCC)c1OCc1ccc(F)cc1. The van der Waals surface area contributed by atoms with Gasteiger partial charge in [0.15, 0.2) is 11.5 Å². The topological polar surface area (TPSA) is 98.9 Å². The molecule has 3 aromatic rings. The van der Waals surface area contributed by atoms with E-state index < -0.39 is 4.92 Å². The molecule has 1 heterocycles. The van der Waals surface area contributed by atoms with E-state index in [1.54, 1.807) is 24.3 Å². The summed E-state index contributed by atoms with van der Waals surface area (Å²) >= 11 is 0. The number of hydrazone groups is 1. The van der Waals surface area contributed by atoms with Gasteiger partial charge in [-0.05, 0) is 54.8 Å². The van der Waals surface area contributed by atoms with Gasteiger partial charge < -0.3 is 9.47 Å². The van der Waals surface area contributed by atoms with Crippen molar-refractivity contribution in [2.24, 2.45) is 5.10 Å². The summed E-state index contributed by atoms with van der Waals surface area (Å²) in [6.07, 6.45) is 5.20. The molecule has 3 rings (SSSR count). The molecule has 0 bridgehead atoms. The maximum Gasteiger partial charge on any atom is 0.313 e. The summed E-state index contributed by atoms with van der Waals surface area (Å²) in [5.74, 6) is 0.805. The van der Waals surface area contributed by atoms with Gasteiger partial charge in [0.25, 0.3) is 0 Å². The number of benzene rings is 2. The maximum atomic E-state index is 13.2. The van der Waals surface area contributed by atoms with Crippen molar-refractivity contribution in [1.82, 2.24) is 4.98 Å². The van der Waals surface area contributed by atoms with E-state index in [2.05, 4.69) is 22.1 Å². The molecule has 0 aliphatic rings. The van der Waals surface area contributed by atoms with Crippen LogP contribution in [0.25, 0.3) is 0 Å². The maximum absolute atomic E-state index is 13.2. The number of hydrogen-bond acceptors (Lipinski definition) is 7. The molecule has 0 fully saturated rings. The first-order valence-electron chi connectivity index (χ1n) is 10.2. The Bertz CT molecular complexity index is 1150. The van der Waals surface area contributed by atoms with E-state index in [4.69, 9.17) is 9.47 Å². The Balaban J connectivity index is 1.85. The van der Waals surface area contributed by atoms with Gasteiger partial charge in [-0.2, -0.15) is 5.10 Å². The van der Waals surface area contributed by atoms with Gasteiger partial charge >= 0.3 is 5.69 Å². The molecule has 0 atom stereocenters. The van der Waals surface area contributed by atoms with E-state index >= 15 is 0 Å². The molecule has 2 aromatic carbocycles. The second-order valence-electron chi connectivity index (χ2n) is 6.85. The van der Waals surface area contributed by atoms with Crippen LogP contribution in [0.3, 0.4) is 0 Å². The lowest BCUT2D eigenvalue weighted by molar-refractivity contribution is -0.384. The molecule has 170 valence electrons. The van der Waals surface area contributed by atoms with E-state index in [1.807, 2.05) is 13.0 Å². The van der Waals surface area contributed by atoms with Crippen molar-refractivity contribution >= 4 is 17.7 Å². The molecule has 0 unspecified atom stereocenters. The normalized spacial score (nSPS) is 10.7. The minimum Gasteiger partial charge on any atom is -0.490 e. The van der Waals surface area contributed by atoms with Crippen molar-refractivity contribution in [2.45, 2.75) is 20.0 Å². The zero-order valence-electron chi connectivity index (χ0n) is 18.0. The van der Waals surface area contributed by atoms with E-state index in [1.165, 1.54) is 36.7 Å². The first-order chi connectivity index (χ1) is 16.0. The Kier molecular flexibility index (Phi) is 8.07. The minimum atomic E-state index is -0.534. The molecule has 0 aliphatic heterocycles. The molecule has 8 nitrogen and oxygen atoms in total. The van der Waals surface area contributed by atoms with Crippen molar-refractivity contribution < 1.29 is 18.8 Å². The number of rotatable bonds is 11. The first kappa shape index (κ1) is 23.4.